The van der Waals surface area contributed by atoms with Crippen LogP contribution in [0.4, 0.5) is 5.69 Å². The fourth-order valence-electron chi connectivity index (χ4n) is 2.32. The summed E-state index contributed by atoms with van der Waals surface area (Å²) in [6.07, 6.45) is 0. The van der Waals surface area contributed by atoms with Crippen LogP contribution in [0.1, 0.15) is 33.3 Å². The lowest BCUT2D eigenvalue weighted by Crippen LogP contribution is -2.41. The molecule has 1 saturated heterocycles. The largest absolute Gasteiger partial charge is 0.494 e. The van der Waals surface area contributed by atoms with Gasteiger partial charge in [0.05, 0.1) is 11.2 Å². The molecule has 0 bridgehead atoms. The van der Waals surface area contributed by atoms with Crippen LogP contribution in [0.5, 0.6) is 0 Å². The van der Waals surface area contributed by atoms with Gasteiger partial charge >= 0.3 is 7.12 Å². The molecule has 0 radical (unpaired) electrons. The number of nitriles is 3. The Labute approximate surface area is 148 Å². The van der Waals surface area contributed by atoms with Crippen molar-refractivity contribution in [3.8, 4) is 18.2 Å². The van der Waals surface area contributed by atoms with E-state index >= 15 is 0 Å². The third-order valence-electron chi connectivity index (χ3n) is 4.63. The van der Waals surface area contributed by atoms with E-state index in [0.29, 0.717) is 5.69 Å². The van der Waals surface area contributed by atoms with Crippen LogP contribution in [0, 0.1) is 40.9 Å². The normalized spacial score (nSPS) is 17.1. The second-order valence-corrected chi connectivity index (χ2v) is 6.87. The molecule has 0 saturated carbocycles. The Morgan fingerprint density at radius 1 is 1.00 bits per heavy atom. The highest BCUT2D eigenvalue weighted by molar-refractivity contribution is 6.62. The Balaban J connectivity index is 2.38. The van der Waals surface area contributed by atoms with Gasteiger partial charge in [0.25, 0.3) is 0 Å². The van der Waals surface area contributed by atoms with Gasteiger partial charge in [-0.05, 0) is 51.7 Å². The van der Waals surface area contributed by atoms with E-state index in [1.165, 1.54) is 0 Å². The summed E-state index contributed by atoms with van der Waals surface area (Å²) in [6.45, 7) is 9.77. The van der Waals surface area contributed by atoms with Crippen molar-refractivity contribution in [2.75, 3.05) is 5.32 Å². The van der Waals surface area contributed by atoms with Crippen molar-refractivity contribution in [3.05, 3.63) is 35.0 Å². The summed E-state index contributed by atoms with van der Waals surface area (Å²) in [7, 11) is -0.535. The summed E-state index contributed by atoms with van der Waals surface area (Å²) >= 11 is 0. The minimum Gasteiger partial charge on any atom is -0.399 e. The second kappa shape index (κ2) is 6.61. The van der Waals surface area contributed by atoms with Crippen LogP contribution in [-0.2, 0) is 9.31 Å². The lowest BCUT2D eigenvalue weighted by Gasteiger charge is -2.32. The summed E-state index contributed by atoms with van der Waals surface area (Å²) < 4.78 is 12.1. The zero-order chi connectivity index (χ0) is 18.8. The monoisotopic (exact) mass is 334 g/mol. The molecular weight excluding hydrogens is 315 g/mol. The van der Waals surface area contributed by atoms with Gasteiger partial charge < -0.3 is 14.6 Å². The minimum atomic E-state index is -0.535. The fraction of sp³-hybridized carbons (Fsp3) is 0.389. The average Bonchev–Trinajstić information content (AvgIpc) is 2.77. The van der Waals surface area contributed by atoms with Crippen LogP contribution >= 0.6 is 0 Å². The molecule has 126 valence electrons. The summed E-state index contributed by atoms with van der Waals surface area (Å²) in [5, 5.41) is 30.0. The molecule has 0 atom stereocenters. The van der Waals surface area contributed by atoms with Crippen molar-refractivity contribution in [2.45, 2.75) is 45.8 Å². The maximum absolute atomic E-state index is 9.21. The van der Waals surface area contributed by atoms with Crippen LogP contribution in [0.15, 0.2) is 29.5 Å². The lowest BCUT2D eigenvalue weighted by atomic mass is 9.78. The average molecular weight is 334 g/mol. The van der Waals surface area contributed by atoms with Crippen LogP contribution < -0.4 is 10.8 Å². The van der Waals surface area contributed by atoms with Crippen LogP contribution in [0.25, 0.3) is 0 Å². The highest BCUT2D eigenvalue weighted by atomic mass is 16.7. The number of hydrogen-bond acceptors (Lipinski definition) is 6. The first kappa shape index (κ1) is 18.6. The summed E-state index contributed by atoms with van der Waals surface area (Å²) in [5.74, 6) is 0. The molecule has 1 fully saturated rings. The zero-order valence-electron chi connectivity index (χ0n) is 15.0. The molecule has 1 aromatic rings. The Hall–Kier alpha value is -2.79. The number of anilines is 1. The molecule has 1 N–H and O–H groups in total. The molecule has 0 unspecified atom stereocenters. The fourth-order valence-corrected chi connectivity index (χ4v) is 2.32. The molecule has 1 heterocycles. The topological polar surface area (TPSA) is 102 Å². The van der Waals surface area contributed by atoms with Gasteiger partial charge in [0.1, 0.15) is 23.9 Å². The number of hydrogen-bond donors (Lipinski definition) is 1. The first-order valence-electron chi connectivity index (χ1n) is 7.83. The maximum atomic E-state index is 9.21. The van der Waals surface area contributed by atoms with E-state index in [0.717, 1.165) is 11.0 Å². The van der Waals surface area contributed by atoms with E-state index in [9.17, 15) is 5.26 Å². The Bertz CT molecular complexity index is 821. The molecule has 6 nitrogen and oxygen atoms in total. The number of nitrogens with one attached hydrogen (secondary N) is 1. The van der Waals surface area contributed by atoms with E-state index in [-0.39, 0.29) is 11.3 Å². The molecule has 1 aliphatic rings. The number of allylic oxidation sites excluding steroid dienone is 2. The van der Waals surface area contributed by atoms with Crippen molar-refractivity contribution in [3.63, 3.8) is 0 Å². The Morgan fingerprint density at radius 2 is 1.56 bits per heavy atom. The maximum Gasteiger partial charge on any atom is 0.494 e. The van der Waals surface area contributed by atoms with Crippen molar-refractivity contribution >= 4 is 18.3 Å². The van der Waals surface area contributed by atoms with Gasteiger partial charge in [-0.15, -0.1) is 0 Å². The van der Waals surface area contributed by atoms with Crippen molar-refractivity contribution < 1.29 is 9.31 Å². The minimum absolute atomic E-state index is 0.0841. The summed E-state index contributed by atoms with van der Waals surface area (Å²) in [4.78, 5) is 0. The zero-order valence-corrected chi connectivity index (χ0v) is 15.0. The van der Waals surface area contributed by atoms with Gasteiger partial charge in [-0.1, -0.05) is 12.1 Å². The van der Waals surface area contributed by atoms with Gasteiger partial charge in [0.2, 0.25) is 0 Å². The summed E-state index contributed by atoms with van der Waals surface area (Å²) in [5.41, 5.74) is 1.02. The highest BCUT2D eigenvalue weighted by Crippen LogP contribution is 2.36. The molecule has 25 heavy (non-hydrogen) atoms. The predicted octanol–water partition coefficient (Wildman–Crippen LogP) is 2.53. The van der Waals surface area contributed by atoms with Crippen molar-refractivity contribution in [1.29, 1.82) is 15.8 Å². The van der Waals surface area contributed by atoms with Gasteiger partial charge in [-0.25, -0.2) is 0 Å². The molecule has 1 aliphatic heterocycles. The van der Waals surface area contributed by atoms with E-state index in [4.69, 9.17) is 19.8 Å². The SMILES string of the molecule is Cc1ccc(B2OC(C)(C)C(C)(C)O2)cc1NC(C#N)=C(C#N)C#N. The number of benzene rings is 1. The lowest BCUT2D eigenvalue weighted by molar-refractivity contribution is 0.00578. The first-order chi connectivity index (χ1) is 11.6. The second-order valence-electron chi connectivity index (χ2n) is 6.87. The third-order valence-corrected chi connectivity index (χ3v) is 4.63. The molecule has 1 aromatic carbocycles. The molecular formula is C18H19BN4O2. The van der Waals surface area contributed by atoms with E-state index < -0.39 is 18.3 Å². The first-order valence-corrected chi connectivity index (χ1v) is 7.83. The van der Waals surface area contributed by atoms with E-state index in [1.54, 1.807) is 18.2 Å². The summed E-state index contributed by atoms with van der Waals surface area (Å²) in [6, 6.07) is 10.9. The molecule has 2 rings (SSSR count). The molecule has 0 amide bonds. The van der Waals surface area contributed by atoms with Gasteiger partial charge in [-0.3, -0.25) is 0 Å². The third kappa shape index (κ3) is 3.51. The number of nitrogens with zero attached hydrogens (tertiary/aromatic N) is 3. The molecule has 0 aliphatic carbocycles. The van der Waals surface area contributed by atoms with Crippen LogP contribution in [0.3, 0.4) is 0 Å². The smallest absolute Gasteiger partial charge is 0.399 e. The standard InChI is InChI=1S/C18H19BN4O2/c1-12-6-7-14(19-24-17(2,3)18(4,5)25-19)8-15(12)23-16(11-22)13(9-20)10-21/h6-8,23H,1-5H3. The molecule has 0 spiro atoms. The Kier molecular flexibility index (Phi) is 4.91. The molecule has 0 aromatic heterocycles. The van der Waals surface area contributed by atoms with E-state index in [1.807, 2.05) is 52.8 Å². The van der Waals surface area contributed by atoms with Crippen LogP contribution in [0.2, 0.25) is 0 Å². The number of rotatable bonds is 3. The van der Waals surface area contributed by atoms with Gasteiger partial charge in [0, 0.05) is 5.69 Å². The van der Waals surface area contributed by atoms with E-state index in [2.05, 4.69) is 5.32 Å². The van der Waals surface area contributed by atoms with Gasteiger partial charge in [-0.2, -0.15) is 15.8 Å². The van der Waals surface area contributed by atoms with Crippen molar-refractivity contribution in [1.82, 2.24) is 0 Å². The van der Waals surface area contributed by atoms with Crippen molar-refractivity contribution in [2.24, 2.45) is 0 Å². The molecule has 7 heteroatoms. The Morgan fingerprint density at radius 3 is 2.04 bits per heavy atom. The highest BCUT2D eigenvalue weighted by Gasteiger charge is 2.51. The quantitative estimate of drug-likeness (QED) is 0.673. The predicted molar refractivity (Wildman–Crippen MR) is 94.4 cm³/mol. The number of aryl methyl sites for hydroxylation is 1. The van der Waals surface area contributed by atoms with Crippen LogP contribution in [-0.4, -0.2) is 18.3 Å². The van der Waals surface area contributed by atoms with Gasteiger partial charge in [0.15, 0.2) is 5.57 Å².